The first-order chi connectivity index (χ1) is 10.0. The van der Waals surface area contributed by atoms with E-state index in [1.54, 1.807) is 18.2 Å². The molecule has 0 saturated heterocycles. The van der Waals surface area contributed by atoms with E-state index in [-0.39, 0.29) is 11.9 Å². The molecule has 0 aromatic heterocycles. The predicted molar refractivity (Wildman–Crippen MR) is 82.8 cm³/mol. The van der Waals surface area contributed by atoms with Gasteiger partial charge in [0.05, 0.1) is 6.04 Å². The zero-order chi connectivity index (χ0) is 15.4. The van der Waals surface area contributed by atoms with Gasteiger partial charge in [-0.3, -0.25) is 4.79 Å². The van der Waals surface area contributed by atoms with Crippen molar-refractivity contribution in [2.24, 2.45) is 5.73 Å². The quantitative estimate of drug-likeness (QED) is 0.878. The highest BCUT2D eigenvalue weighted by atomic mass is 19.1. The van der Waals surface area contributed by atoms with Crippen LogP contribution in [0.2, 0.25) is 0 Å². The fraction of sp³-hybridized carbons (Fsp3) is 0.235. The molecule has 0 fully saturated rings. The molecule has 1 unspecified atom stereocenters. The Morgan fingerprint density at radius 1 is 1.29 bits per heavy atom. The Morgan fingerprint density at radius 3 is 2.62 bits per heavy atom. The van der Waals surface area contributed by atoms with Crippen LogP contribution in [0.3, 0.4) is 0 Å². The topological polar surface area (TPSA) is 55.1 Å². The first kappa shape index (κ1) is 15.0. The standard InChI is InChI=1S/C17H19FN2O/c1-3-15(12-5-4-6-14(18)10-12)20-16-8-7-13(17(19)21)9-11(16)2/h4-10,15,20H,3H2,1-2H3,(H2,19,21). The molecule has 3 N–H and O–H groups in total. The minimum atomic E-state index is -0.443. The molecule has 1 amide bonds. The maximum atomic E-state index is 13.3. The number of benzene rings is 2. The van der Waals surface area contributed by atoms with Crippen molar-refractivity contribution in [3.05, 3.63) is 65.0 Å². The van der Waals surface area contributed by atoms with E-state index in [2.05, 4.69) is 5.32 Å². The molecule has 0 aliphatic carbocycles. The lowest BCUT2D eigenvalue weighted by Gasteiger charge is -2.20. The molecule has 0 bridgehead atoms. The van der Waals surface area contributed by atoms with E-state index in [1.165, 1.54) is 12.1 Å². The molecule has 0 spiro atoms. The Bertz CT molecular complexity index is 655. The van der Waals surface area contributed by atoms with Crippen LogP contribution >= 0.6 is 0 Å². The normalized spacial score (nSPS) is 12.0. The predicted octanol–water partition coefficient (Wildman–Crippen LogP) is 3.80. The molecule has 2 aromatic rings. The second kappa shape index (κ2) is 6.39. The minimum absolute atomic E-state index is 0.0128. The van der Waals surface area contributed by atoms with Crippen LogP contribution in [0.1, 0.15) is 40.9 Å². The van der Waals surface area contributed by atoms with E-state index in [4.69, 9.17) is 5.73 Å². The van der Waals surface area contributed by atoms with Gasteiger partial charge in [0, 0.05) is 11.3 Å². The summed E-state index contributed by atoms with van der Waals surface area (Å²) in [7, 11) is 0. The molecule has 21 heavy (non-hydrogen) atoms. The van der Waals surface area contributed by atoms with Crippen LogP contribution in [0.4, 0.5) is 10.1 Å². The molecule has 110 valence electrons. The fourth-order valence-corrected chi connectivity index (χ4v) is 2.31. The van der Waals surface area contributed by atoms with Gasteiger partial charge in [-0.2, -0.15) is 0 Å². The zero-order valence-electron chi connectivity index (χ0n) is 12.2. The van der Waals surface area contributed by atoms with Gasteiger partial charge in [0.1, 0.15) is 5.82 Å². The number of rotatable bonds is 5. The van der Waals surface area contributed by atoms with Crippen LogP contribution in [-0.4, -0.2) is 5.91 Å². The number of aryl methyl sites for hydroxylation is 1. The monoisotopic (exact) mass is 286 g/mol. The SMILES string of the molecule is CCC(Nc1ccc(C(N)=O)cc1C)c1cccc(F)c1. The molecule has 0 radical (unpaired) electrons. The third kappa shape index (κ3) is 3.60. The van der Waals surface area contributed by atoms with E-state index in [0.717, 1.165) is 23.2 Å². The van der Waals surface area contributed by atoms with Gasteiger partial charge < -0.3 is 11.1 Å². The summed E-state index contributed by atoms with van der Waals surface area (Å²) in [5, 5.41) is 3.39. The molecular weight excluding hydrogens is 267 g/mol. The maximum Gasteiger partial charge on any atom is 0.248 e. The van der Waals surface area contributed by atoms with Crippen LogP contribution < -0.4 is 11.1 Å². The first-order valence-electron chi connectivity index (χ1n) is 6.93. The number of hydrogen-bond donors (Lipinski definition) is 2. The molecule has 0 aliphatic rings. The average molecular weight is 286 g/mol. The maximum absolute atomic E-state index is 13.3. The van der Waals surface area contributed by atoms with E-state index >= 15 is 0 Å². The largest absolute Gasteiger partial charge is 0.378 e. The van der Waals surface area contributed by atoms with Gasteiger partial charge in [0.2, 0.25) is 5.91 Å². The summed E-state index contributed by atoms with van der Waals surface area (Å²) in [5.74, 6) is -0.685. The van der Waals surface area contributed by atoms with Gasteiger partial charge in [-0.25, -0.2) is 4.39 Å². The van der Waals surface area contributed by atoms with Crippen molar-refractivity contribution in [2.75, 3.05) is 5.32 Å². The number of nitrogens with two attached hydrogens (primary N) is 1. The van der Waals surface area contributed by atoms with E-state index < -0.39 is 5.91 Å². The highest BCUT2D eigenvalue weighted by molar-refractivity contribution is 5.93. The summed E-state index contributed by atoms with van der Waals surface area (Å²) < 4.78 is 13.3. The summed E-state index contributed by atoms with van der Waals surface area (Å²) in [4.78, 5) is 11.2. The molecule has 2 aromatic carbocycles. The van der Waals surface area contributed by atoms with Crippen LogP contribution in [0.5, 0.6) is 0 Å². The van der Waals surface area contributed by atoms with Gasteiger partial charge in [-0.15, -0.1) is 0 Å². The van der Waals surface area contributed by atoms with Crippen LogP contribution in [0.25, 0.3) is 0 Å². The van der Waals surface area contributed by atoms with E-state index in [9.17, 15) is 9.18 Å². The number of hydrogen-bond acceptors (Lipinski definition) is 2. The number of nitrogens with one attached hydrogen (secondary N) is 1. The lowest BCUT2D eigenvalue weighted by Crippen LogP contribution is -2.13. The van der Waals surface area contributed by atoms with Crippen molar-refractivity contribution in [1.29, 1.82) is 0 Å². The Morgan fingerprint density at radius 2 is 2.05 bits per heavy atom. The van der Waals surface area contributed by atoms with Crippen LogP contribution in [-0.2, 0) is 0 Å². The van der Waals surface area contributed by atoms with Gasteiger partial charge in [-0.05, 0) is 54.8 Å². The number of carbonyl (C=O) groups excluding carboxylic acids is 1. The second-order valence-electron chi connectivity index (χ2n) is 5.05. The van der Waals surface area contributed by atoms with Crippen molar-refractivity contribution >= 4 is 11.6 Å². The van der Waals surface area contributed by atoms with Crippen LogP contribution in [0, 0.1) is 12.7 Å². The fourth-order valence-electron chi connectivity index (χ4n) is 2.31. The molecule has 2 rings (SSSR count). The first-order valence-corrected chi connectivity index (χ1v) is 6.93. The molecule has 1 atom stereocenters. The van der Waals surface area contributed by atoms with Crippen molar-refractivity contribution in [2.45, 2.75) is 26.3 Å². The van der Waals surface area contributed by atoms with Gasteiger partial charge in [0.25, 0.3) is 0 Å². The molecule has 0 saturated carbocycles. The third-order valence-corrected chi connectivity index (χ3v) is 3.50. The molecular formula is C17H19FN2O. The highest BCUT2D eigenvalue weighted by Gasteiger charge is 2.12. The molecule has 0 heterocycles. The van der Waals surface area contributed by atoms with Crippen molar-refractivity contribution in [3.63, 3.8) is 0 Å². The van der Waals surface area contributed by atoms with Crippen molar-refractivity contribution in [3.8, 4) is 0 Å². The molecule has 4 heteroatoms. The Balaban J connectivity index is 2.25. The van der Waals surface area contributed by atoms with E-state index in [0.29, 0.717) is 5.56 Å². The third-order valence-electron chi connectivity index (χ3n) is 3.50. The number of carbonyl (C=O) groups is 1. The van der Waals surface area contributed by atoms with Gasteiger partial charge in [-0.1, -0.05) is 19.1 Å². The van der Waals surface area contributed by atoms with Gasteiger partial charge in [0.15, 0.2) is 0 Å². The average Bonchev–Trinajstić information content (AvgIpc) is 2.45. The Kier molecular flexibility index (Phi) is 4.58. The van der Waals surface area contributed by atoms with Crippen LogP contribution in [0.15, 0.2) is 42.5 Å². The van der Waals surface area contributed by atoms with Gasteiger partial charge >= 0.3 is 0 Å². The van der Waals surface area contributed by atoms with Crippen molar-refractivity contribution < 1.29 is 9.18 Å². The number of halogens is 1. The molecule has 3 nitrogen and oxygen atoms in total. The number of primary amides is 1. The Labute approximate surface area is 124 Å². The molecule has 0 aliphatic heterocycles. The smallest absolute Gasteiger partial charge is 0.248 e. The summed E-state index contributed by atoms with van der Waals surface area (Å²) in [6.07, 6.45) is 0.820. The summed E-state index contributed by atoms with van der Waals surface area (Å²) in [6.45, 7) is 3.95. The van der Waals surface area contributed by atoms with Crippen molar-refractivity contribution in [1.82, 2.24) is 0 Å². The lowest BCUT2D eigenvalue weighted by molar-refractivity contribution is 0.1000. The Hall–Kier alpha value is -2.36. The second-order valence-corrected chi connectivity index (χ2v) is 5.05. The summed E-state index contributed by atoms with van der Waals surface area (Å²) in [5.41, 5.74) is 8.49. The number of anilines is 1. The number of amides is 1. The minimum Gasteiger partial charge on any atom is -0.378 e. The zero-order valence-corrected chi connectivity index (χ0v) is 12.2. The highest BCUT2D eigenvalue weighted by Crippen LogP contribution is 2.25. The summed E-state index contributed by atoms with van der Waals surface area (Å²) in [6, 6.07) is 11.9. The lowest BCUT2D eigenvalue weighted by atomic mass is 10.0. The van der Waals surface area contributed by atoms with E-state index in [1.807, 2.05) is 26.0 Å². The summed E-state index contributed by atoms with van der Waals surface area (Å²) >= 11 is 0.